The van der Waals surface area contributed by atoms with Crippen molar-refractivity contribution in [1.82, 2.24) is 10.2 Å². The van der Waals surface area contributed by atoms with Crippen molar-refractivity contribution in [3.8, 4) is 0 Å². The second-order valence-electron chi connectivity index (χ2n) is 6.52. The predicted octanol–water partition coefficient (Wildman–Crippen LogP) is 3.92. The number of piperazine rings is 1. The third-order valence-electron chi connectivity index (χ3n) is 4.71. The summed E-state index contributed by atoms with van der Waals surface area (Å²) in [6, 6.07) is 13.2. The first-order chi connectivity index (χ1) is 13.0. The molecule has 0 radical (unpaired) electrons. The zero-order valence-corrected chi connectivity index (χ0v) is 17.2. The lowest BCUT2D eigenvalue weighted by molar-refractivity contribution is -0.385. The second kappa shape index (κ2) is 9.50. The van der Waals surface area contributed by atoms with E-state index in [1.165, 1.54) is 5.69 Å². The third-order valence-corrected chi connectivity index (χ3v) is 5.63. The Morgan fingerprint density at radius 1 is 1.11 bits per heavy atom. The van der Waals surface area contributed by atoms with E-state index < -0.39 is 0 Å². The Morgan fingerprint density at radius 3 is 2.48 bits per heavy atom. The minimum absolute atomic E-state index is 0.104. The molecule has 8 heteroatoms. The number of rotatable bonds is 7. The molecule has 1 fully saturated rings. The van der Waals surface area contributed by atoms with Gasteiger partial charge in [-0.3, -0.25) is 15.0 Å². The molecular formula is C19H22BrClN4O2. The van der Waals surface area contributed by atoms with Gasteiger partial charge in [-0.1, -0.05) is 17.7 Å². The molecule has 1 aliphatic heterocycles. The minimum Gasteiger partial charge on any atom is -0.369 e. The van der Waals surface area contributed by atoms with Gasteiger partial charge in [0.15, 0.2) is 0 Å². The molecule has 0 saturated carbocycles. The van der Waals surface area contributed by atoms with Crippen LogP contribution in [-0.2, 0) is 6.54 Å². The van der Waals surface area contributed by atoms with Gasteiger partial charge in [-0.15, -0.1) is 0 Å². The monoisotopic (exact) mass is 452 g/mol. The number of anilines is 1. The molecule has 1 saturated heterocycles. The van der Waals surface area contributed by atoms with Gasteiger partial charge in [0.05, 0.1) is 9.40 Å². The quantitative estimate of drug-likeness (QED) is 0.391. The molecule has 6 nitrogen and oxygen atoms in total. The molecular weight excluding hydrogens is 432 g/mol. The molecule has 0 bridgehead atoms. The van der Waals surface area contributed by atoms with E-state index >= 15 is 0 Å². The van der Waals surface area contributed by atoms with E-state index in [0.29, 0.717) is 11.0 Å². The number of nitro groups is 1. The summed E-state index contributed by atoms with van der Waals surface area (Å²) in [6.07, 6.45) is 0. The fraction of sp³-hybridized carbons (Fsp3) is 0.368. The van der Waals surface area contributed by atoms with Crippen molar-refractivity contribution in [3.63, 3.8) is 0 Å². The van der Waals surface area contributed by atoms with Gasteiger partial charge in [0.1, 0.15) is 0 Å². The Kier molecular flexibility index (Phi) is 7.07. The molecule has 2 aromatic carbocycles. The number of hydrogen-bond acceptors (Lipinski definition) is 5. The molecule has 1 heterocycles. The maximum absolute atomic E-state index is 11.0. The van der Waals surface area contributed by atoms with Gasteiger partial charge in [-0.05, 0) is 51.8 Å². The molecule has 27 heavy (non-hydrogen) atoms. The van der Waals surface area contributed by atoms with E-state index in [1.54, 1.807) is 12.1 Å². The standard InChI is InChI=1S/C19H22BrClN4O2/c20-18-6-1-15(13-19(18)25(26)27)14-22-7-8-23-9-11-24(12-10-23)17-4-2-16(21)3-5-17/h1-6,13,22H,7-12,14H2. The Morgan fingerprint density at radius 2 is 1.81 bits per heavy atom. The number of hydrogen-bond donors (Lipinski definition) is 1. The Hall–Kier alpha value is -1.67. The summed E-state index contributed by atoms with van der Waals surface area (Å²) >= 11 is 9.16. The lowest BCUT2D eigenvalue weighted by Gasteiger charge is -2.36. The van der Waals surface area contributed by atoms with Crippen molar-refractivity contribution in [2.45, 2.75) is 6.54 Å². The van der Waals surface area contributed by atoms with Crippen LogP contribution in [-0.4, -0.2) is 49.1 Å². The van der Waals surface area contributed by atoms with Crippen molar-refractivity contribution in [3.05, 3.63) is 67.6 Å². The largest absolute Gasteiger partial charge is 0.369 e. The van der Waals surface area contributed by atoms with Gasteiger partial charge < -0.3 is 10.2 Å². The van der Waals surface area contributed by atoms with Crippen molar-refractivity contribution in [2.75, 3.05) is 44.2 Å². The SMILES string of the molecule is O=[N+]([O-])c1cc(CNCCN2CCN(c3ccc(Cl)cc3)CC2)ccc1Br. The number of nitrogens with one attached hydrogen (secondary N) is 1. The average Bonchev–Trinajstić information content (AvgIpc) is 2.67. The zero-order valence-electron chi connectivity index (χ0n) is 14.9. The number of halogens is 2. The van der Waals surface area contributed by atoms with E-state index in [1.807, 2.05) is 18.2 Å². The Bertz CT molecular complexity index is 780. The molecule has 0 aromatic heterocycles. The third kappa shape index (κ3) is 5.65. The van der Waals surface area contributed by atoms with Gasteiger partial charge >= 0.3 is 0 Å². The van der Waals surface area contributed by atoms with Gasteiger partial charge in [0.2, 0.25) is 0 Å². The summed E-state index contributed by atoms with van der Waals surface area (Å²) in [4.78, 5) is 15.4. The van der Waals surface area contributed by atoms with Gasteiger partial charge in [-0.2, -0.15) is 0 Å². The summed E-state index contributed by atoms with van der Waals surface area (Å²) in [5.74, 6) is 0. The first kappa shape index (κ1) is 20.1. The summed E-state index contributed by atoms with van der Waals surface area (Å²) in [7, 11) is 0. The number of nitro benzene ring substituents is 1. The molecule has 2 aromatic rings. The van der Waals surface area contributed by atoms with Gasteiger partial charge in [-0.25, -0.2) is 0 Å². The van der Waals surface area contributed by atoms with Crippen LogP contribution in [0.5, 0.6) is 0 Å². The van der Waals surface area contributed by atoms with Crippen LogP contribution in [0.15, 0.2) is 46.9 Å². The minimum atomic E-state index is -0.367. The van der Waals surface area contributed by atoms with E-state index in [2.05, 4.69) is 43.2 Å². The lowest BCUT2D eigenvalue weighted by atomic mass is 10.2. The van der Waals surface area contributed by atoms with Crippen LogP contribution in [0.2, 0.25) is 5.02 Å². The lowest BCUT2D eigenvalue weighted by Crippen LogP contribution is -2.48. The van der Waals surface area contributed by atoms with Crippen LogP contribution in [0.25, 0.3) is 0 Å². The summed E-state index contributed by atoms with van der Waals surface area (Å²) in [5, 5.41) is 15.1. The predicted molar refractivity (Wildman–Crippen MR) is 113 cm³/mol. The van der Waals surface area contributed by atoms with E-state index in [0.717, 1.165) is 49.9 Å². The molecule has 0 atom stereocenters. The van der Waals surface area contributed by atoms with Crippen molar-refractivity contribution >= 4 is 38.9 Å². The first-order valence-electron chi connectivity index (χ1n) is 8.89. The smallest absolute Gasteiger partial charge is 0.283 e. The maximum atomic E-state index is 11.0. The zero-order chi connectivity index (χ0) is 19.2. The van der Waals surface area contributed by atoms with Gasteiger partial charge in [0, 0.05) is 62.6 Å². The second-order valence-corrected chi connectivity index (χ2v) is 7.82. The highest BCUT2D eigenvalue weighted by atomic mass is 79.9. The van der Waals surface area contributed by atoms with Crippen LogP contribution in [0, 0.1) is 10.1 Å². The number of benzene rings is 2. The highest BCUT2D eigenvalue weighted by molar-refractivity contribution is 9.10. The average molecular weight is 454 g/mol. The summed E-state index contributed by atoms with van der Waals surface area (Å²) < 4.78 is 0.509. The molecule has 0 amide bonds. The van der Waals surface area contributed by atoms with Crippen molar-refractivity contribution in [2.24, 2.45) is 0 Å². The van der Waals surface area contributed by atoms with Crippen LogP contribution < -0.4 is 10.2 Å². The number of nitrogens with zero attached hydrogens (tertiary/aromatic N) is 3. The maximum Gasteiger partial charge on any atom is 0.283 e. The van der Waals surface area contributed by atoms with Crippen LogP contribution in [0.1, 0.15) is 5.56 Å². The molecule has 1 aliphatic rings. The molecule has 3 rings (SSSR count). The highest BCUT2D eigenvalue weighted by Gasteiger charge is 2.17. The van der Waals surface area contributed by atoms with E-state index in [4.69, 9.17) is 11.6 Å². The van der Waals surface area contributed by atoms with Crippen LogP contribution >= 0.6 is 27.5 Å². The Labute approximate surface area is 172 Å². The van der Waals surface area contributed by atoms with E-state index in [-0.39, 0.29) is 10.6 Å². The van der Waals surface area contributed by atoms with Crippen LogP contribution in [0.3, 0.4) is 0 Å². The van der Waals surface area contributed by atoms with Crippen molar-refractivity contribution in [1.29, 1.82) is 0 Å². The normalized spacial score (nSPS) is 15.1. The molecule has 0 spiro atoms. The van der Waals surface area contributed by atoms with E-state index in [9.17, 15) is 10.1 Å². The fourth-order valence-corrected chi connectivity index (χ4v) is 3.68. The molecule has 144 valence electrons. The molecule has 0 unspecified atom stereocenters. The van der Waals surface area contributed by atoms with Crippen LogP contribution in [0.4, 0.5) is 11.4 Å². The first-order valence-corrected chi connectivity index (χ1v) is 10.1. The molecule has 0 aliphatic carbocycles. The molecule has 1 N–H and O–H groups in total. The van der Waals surface area contributed by atoms with Gasteiger partial charge in [0.25, 0.3) is 5.69 Å². The fourth-order valence-electron chi connectivity index (χ4n) is 3.16. The van der Waals surface area contributed by atoms with Crippen molar-refractivity contribution < 1.29 is 4.92 Å². The summed E-state index contributed by atoms with van der Waals surface area (Å²) in [6.45, 7) is 6.49. The highest BCUT2D eigenvalue weighted by Crippen LogP contribution is 2.25. The summed E-state index contributed by atoms with van der Waals surface area (Å²) in [5.41, 5.74) is 2.24. The Balaban J connectivity index is 1.39. The topological polar surface area (TPSA) is 61.7 Å².